The van der Waals surface area contributed by atoms with Crippen LogP contribution in [0.25, 0.3) is 0 Å². The molecule has 0 spiro atoms. The molecule has 4 rings (SSSR count). The molecule has 1 saturated heterocycles. The standard InChI is InChI=1S/C22H31NO2/c1-3-14-24-20-15-18(9-10-19(20)25-16-17-7-8-17)22-11-5-4-6-21(22)23(2)13-12-22/h5,9-11,15,17,21H,3-4,6-8,12-14,16H2,1-2H3/t21?,22-/m0/s1. The molecular weight excluding hydrogens is 310 g/mol. The van der Waals surface area contributed by atoms with Gasteiger partial charge in [-0.05, 0) is 75.7 Å². The van der Waals surface area contributed by atoms with E-state index in [0.29, 0.717) is 6.04 Å². The minimum absolute atomic E-state index is 0.145. The minimum Gasteiger partial charge on any atom is -0.490 e. The minimum atomic E-state index is 0.145. The van der Waals surface area contributed by atoms with Crippen molar-refractivity contribution in [3.05, 3.63) is 35.9 Å². The lowest BCUT2D eigenvalue weighted by Crippen LogP contribution is -2.41. The van der Waals surface area contributed by atoms with Crippen molar-refractivity contribution < 1.29 is 9.47 Å². The summed E-state index contributed by atoms with van der Waals surface area (Å²) >= 11 is 0. The van der Waals surface area contributed by atoms with Crippen LogP contribution in [0.15, 0.2) is 30.4 Å². The Hall–Kier alpha value is -1.48. The van der Waals surface area contributed by atoms with Crippen LogP contribution in [0.5, 0.6) is 11.5 Å². The number of ether oxygens (including phenoxy) is 2. The van der Waals surface area contributed by atoms with E-state index in [1.807, 2.05) is 0 Å². The second-order valence-electron chi connectivity index (χ2n) is 8.03. The first-order valence-electron chi connectivity index (χ1n) is 10.0. The second kappa shape index (κ2) is 7.03. The zero-order valence-electron chi connectivity index (χ0n) is 15.7. The Kier molecular flexibility index (Phi) is 4.77. The predicted octanol–water partition coefficient (Wildman–Crippen LogP) is 4.56. The van der Waals surface area contributed by atoms with Gasteiger partial charge in [0, 0.05) is 11.5 Å². The molecule has 2 atom stereocenters. The van der Waals surface area contributed by atoms with Crippen molar-refractivity contribution in [1.82, 2.24) is 4.90 Å². The Balaban J connectivity index is 1.64. The summed E-state index contributed by atoms with van der Waals surface area (Å²) in [5.74, 6) is 2.61. The van der Waals surface area contributed by atoms with Gasteiger partial charge in [-0.3, -0.25) is 0 Å². The van der Waals surface area contributed by atoms with E-state index in [0.717, 1.165) is 37.1 Å². The molecule has 0 radical (unpaired) electrons. The Labute approximate surface area is 152 Å². The normalized spacial score (nSPS) is 28.8. The second-order valence-corrected chi connectivity index (χ2v) is 8.03. The smallest absolute Gasteiger partial charge is 0.161 e. The maximum absolute atomic E-state index is 6.08. The molecule has 3 aliphatic rings. The molecule has 0 bridgehead atoms. The Bertz CT molecular complexity index is 637. The number of rotatable bonds is 7. The van der Waals surface area contributed by atoms with E-state index >= 15 is 0 Å². The molecule has 1 aromatic carbocycles. The molecule has 1 heterocycles. The largest absolute Gasteiger partial charge is 0.490 e. The number of likely N-dealkylation sites (tertiary alicyclic amines) is 1. The lowest BCUT2D eigenvalue weighted by atomic mass is 9.70. The summed E-state index contributed by atoms with van der Waals surface area (Å²) in [5.41, 5.74) is 1.54. The molecule has 1 aliphatic heterocycles. The van der Waals surface area contributed by atoms with Crippen LogP contribution in [0.4, 0.5) is 0 Å². The van der Waals surface area contributed by atoms with Crippen LogP contribution < -0.4 is 9.47 Å². The van der Waals surface area contributed by atoms with Gasteiger partial charge >= 0.3 is 0 Å². The average molecular weight is 341 g/mol. The van der Waals surface area contributed by atoms with Crippen LogP contribution in [-0.2, 0) is 5.41 Å². The van der Waals surface area contributed by atoms with E-state index in [1.165, 1.54) is 44.2 Å². The van der Waals surface area contributed by atoms with E-state index in [1.54, 1.807) is 0 Å². The summed E-state index contributed by atoms with van der Waals surface area (Å²) < 4.78 is 12.2. The monoisotopic (exact) mass is 341 g/mol. The predicted molar refractivity (Wildman–Crippen MR) is 102 cm³/mol. The zero-order chi connectivity index (χ0) is 17.3. The van der Waals surface area contributed by atoms with E-state index in [9.17, 15) is 0 Å². The summed E-state index contributed by atoms with van der Waals surface area (Å²) in [6, 6.07) is 7.30. The maximum atomic E-state index is 6.08. The van der Waals surface area contributed by atoms with Crippen molar-refractivity contribution in [2.75, 3.05) is 26.8 Å². The van der Waals surface area contributed by atoms with Gasteiger partial charge in [0.15, 0.2) is 11.5 Å². The van der Waals surface area contributed by atoms with Gasteiger partial charge in [0.25, 0.3) is 0 Å². The van der Waals surface area contributed by atoms with Gasteiger partial charge < -0.3 is 14.4 Å². The topological polar surface area (TPSA) is 21.7 Å². The van der Waals surface area contributed by atoms with Gasteiger partial charge in [-0.15, -0.1) is 0 Å². The fraction of sp³-hybridized carbons (Fsp3) is 0.636. The number of hydrogen-bond donors (Lipinski definition) is 0. The van der Waals surface area contributed by atoms with Crippen molar-refractivity contribution >= 4 is 0 Å². The highest BCUT2D eigenvalue weighted by Gasteiger charge is 2.46. The van der Waals surface area contributed by atoms with Crippen LogP contribution in [-0.4, -0.2) is 37.7 Å². The Morgan fingerprint density at radius 2 is 2.04 bits per heavy atom. The van der Waals surface area contributed by atoms with Gasteiger partial charge in [0.05, 0.1) is 13.2 Å². The third-order valence-corrected chi connectivity index (χ3v) is 6.14. The molecule has 3 nitrogen and oxygen atoms in total. The van der Waals surface area contributed by atoms with E-state index in [4.69, 9.17) is 9.47 Å². The van der Waals surface area contributed by atoms with Crippen molar-refractivity contribution in [3.8, 4) is 11.5 Å². The molecule has 0 aromatic heterocycles. The Morgan fingerprint density at radius 3 is 2.84 bits per heavy atom. The van der Waals surface area contributed by atoms with Gasteiger partial charge in [-0.2, -0.15) is 0 Å². The first kappa shape index (κ1) is 17.0. The highest BCUT2D eigenvalue weighted by molar-refractivity contribution is 5.48. The molecule has 1 unspecified atom stereocenters. The summed E-state index contributed by atoms with van der Waals surface area (Å²) in [5, 5.41) is 0. The number of likely N-dealkylation sites (N-methyl/N-ethyl adjacent to an activating group) is 1. The molecule has 136 valence electrons. The Morgan fingerprint density at radius 1 is 1.16 bits per heavy atom. The molecule has 2 aliphatic carbocycles. The van der Waals surface area contributed by atoms with Crippen molar-refractivity contribution in [2.24, 2.45) is 5.92 Å². The SMILES string of the molecule is CCCOc1cc([C@@]23C=CCCC2N(C)CC3)ccc1OCC1CC1. The van der Waals surface area contributed by atoms with Crippen LogP contribution in [0.2, 0.25) is 0 Å². The quantitative estimate of drug-likeness (QED) is 0.679. The molecule has 1 aromatic rings. The van der Waals surface area contributed by atoms with E-state index < -0.39 is 0 Å². The fourth-order valence-electron chi connectivity index (χ4n) is 4.46. The first-order valence-corrected chi connectivity index (χ1v) is 10.0. The lowest BCUT2D eigenvalue weighted by molar-refractivity contribution is 0.245. The molecule has 25 heavy (non-hydrogen) atoms. The average Bonchev–Trinajstić information content (AvgIpc) is 3.41. The molecule has 2 fully saturated rings. The van der Waals surface area contributed by atoms with Gasteiger partial charge in [-0.25, -0.2) is 0 Å². The third-order valence-electron chi connectivity index (χ3n) is 6.14. The highest BCUT2D eigenvalue weighted by atomic mass is 16.5. The lowest BCUT2D eigenvalue weighted by Gasteiger charge is -2.38. The van der Waals surface area contributed by atoms with Gasteiger partial charge in [0.2, 0.25) is 0 Å². The molecule has 1 saturated carbocycles. The molecule has 0 N–H and O–H groups in total. The number of nitrogens with zero attached hydrogens (tertiary/aromatic N) is 1. The van der Waals surface area contributed by atoms with Crippen LogP contribution in [0, 0.1) is 5.92 Å². The van der Waals surface area contributed by atoms with E-state index in [-0.39, 0.29) is 5.41 Å². The van der Waals surface area contributed by atoms with E-state index in [2.05, 4.69) is 49.2 Å². The maximum Gasteiger partial charge on any atom is 0.161 e. The molecule has 3 heteroatoms. The summed E-state index contributed by atoms with van der Waals surface area (Å²) in [7, 11) is 2.27. The third kappa shape index (κ3) is 3.31. The van der Waals surface area contributed by atoms with Gasteiger partial charge in [0.1, 0.15) is 0 Å². The summed E-state index contributed by atoms with van der Waals surface area (Å²) in [4.78, 5) is 2.54. The van der Waals surface area contributed by atoms with Crippen LogP contribution in [0.3, 0.4) is 0 Å². The summed E-state index contributed by atoms with van der Waals surface area (Å²) in [6.45, 7) is 4.90. The van der Waals surface area contributed by atoms with Crippen LogP contribution >= 0.6 is 0 Å². The highest BCUT2D eigenvalue weighted by Crippen LogP contribution is 2.47. The molecular formula is C22H31NO2. The van der Waals surface area contributed by atoms with Crippen molar-refractivity contribution in [3.63, 3.8) is 0 Å². The number of allylic oxidation sites excluding steroid dienone is 1. The summed E-state index contributed by atoms with van der Waals surface area (Å²) in [6.07, 6.45) is 12.1. The number of fused-ring (bicyclic) bond motifs is 1. The first-order chi connectivity index (χ1) is 12.2. The van der Waals surface area contributed by atoms with Crippen molar-refractivity contribution in [1.29, 1.82) is 0 Å². The fourth-order valence-corrected chi connectivity index (χ4v) is 4.46. The number of benzene rings is 1. The van der Waals surface area contributed by atoms with Crippen LogP contribution in [0.1, 0.15) is 51.0 Å². The number of hydrogen-bond acceptors (Lipinski definition) is 3. The molecule has 0 amide bonds. The van der Waals surface area contributed by atoms with Gasteiger partial charge in [-0.1, -0.05) is 25.1 Å². The van der Waals surface area contributed by atoms with Crippen molar-refractivity contribution in [2.45, 2.75) is 56.9 Å². The zero-order valence-corrected chi connectivity index (χ0v) is 15.7.